The van der Waals surface area contributed by atoms with Crippen LogP contribution in [0, 0.1) is 0 Å². The number of para-hydroxylation sites is 1. The van der Waals surface area contributed by atoms with Gasteiger partial charge in [-0.1, -0.05) is 12.1 Å². The lowest BCUT2D eigenvalue weighted by atomic mass is 10.0. The van der Waals surface area contributed by atoms with Crippen molar-refractivity contribution in [1.29, 1.82) is 0 Å². The van der Waals surface area contributed by atoms with Crippen molar-refractivity contribution < 1.29 is 14.3 Å². The first-order chi connectivity index (χ1) is 9.22. The molecule has 1 aromatic heterocycles. The van der Waals surface area contributed by atoms with E-state index in [4.69, 9.17) is 9.47 Å². The Morgan fingerprint density at radius 1 is 1.42 bits per heavy atom. The van der Waals surface area contributed by atoms with E-state index in [0.717, 1.165) is 22.6 Å². The maximum atomic E-state index is 11.9. The molecule has 3 rings (SSSR count). The van der Waals surface area contributed by atoms with Gasteiger partial charge in [-0.15, -0.1) is 0 Å². The van der Waals surface area contributed by atoms with Crippen LogP contribution in [-0.4, -0.2) is 17.1 Å². The number of aromatic nitrogens is 1. The number of esters is 1. The fraction of sp³-hybridized carbons (Fsp3) is 0.267. The molecule has 1 aliphatic rings. The number of fused-ring (bicyclic) bond motifs is 3. The number of carbonyl (C=O) groups is 1. The van der Waals surface area contributed by atoms with Crippen molar-refractivity contribution >= 4 is 5.97 Å². The molecule has 4 heteroatoms. The normalized spacial score (nSPS) is 12.3. The first-order valence-corrected chi connectivity index (χ1v) is 6.30. The molecule has 4 nitrogen and oxygen atoms in total. The highest BCUT2D eigenvalue weighted by molar-refractivity contribution is 5.90. The van der Waals surface area contributed by atoms with Crippen molar-refractivity contribution in [3.8, 4) is 17.0 Å². The Labute approximate surface area is 111 Å². The molecule has 1 aromatic carbocycles. The summed E-state index contributed by atoms with van der Waals surface area (Å²) in [5.41, 5.74) is 3.63. The summed E-state index contributed by atoms with van der Waals surface area (Å²) in [5, 5.41) is 0. The molecule has 0 radical (unpaired) electrons. The second kappa shape index (κ2) is 4.46. The quantitative estimate of drug-likeness (QED) is 0.777. The van der Waals surface area contributed by atoms with Crippen molar-refractivity contribution in [2.24, 2.45) is 7.05 Å². The highest BCUT2D eigenvalue weighted by Gasteiger charge is 2.25. The van der Waals surface area contributed by atoms with Crippen molar-refractivity contribution in [1.82, 2.24) is 4.57 Å². The highest BCUT2D eigenvalue weighted by Crippen LogP contribution is 2.38. The Morgan fingerprint density at radius 3 is 3.00 bits per heavy atom. The van der Waals surface area contributed by atoms with E-state index in [0.29, 0.717) is 18.9 Å². The van der Waals surface area contributed by atoms with Crippen LogP contribution in [0.3, 0.4) is 0 Å². The van der Waals surface area contributed by atoms with Gasteiger partial charge in [-0.3, -0.25) is 0 Å². The van der Waals surface area contributed by atoms with E-state index in [1.807, 2.05) is 41.9 Å². The summed E-state index contributed by atoms with van der Waals surface area (Å²) in [7, 11) is 1.88. The average molecular weight is 257 g/mol. The van der Waals surface area contributed by atoms with Crippen molar-refractivity contribution in [2.45, 2.75) is 13.5 Å². The molecule has 0 fully saturated rings. The number of hydrogen-bond donors (Lipinski definition) is 0. The van der Waals surface area contributed by atoms with Gasteiger partial charge in [0, 0.05) is 18.2 Å². The first kappa shape index (κ1) is 11.8. The van der Waals surface area contributed by atoms with Crippen molar-refractivity contribution in [2.75, 3.05) is 6.61 Å². The third-order valence-corrected chi connectivity index (χ3v) is 3.32. The largest absolute Gasteiger partial charge is 0.488 e. The number of rotatable bonds is 2. The molecule has 0 N–H and O–H groups in total. The van der Waals surface area contributed by atoms with E-state index in [9.17, 15) is 4.79 Å². The van der Waals surface area contributed by atoms with Gasteiger partial charge in [0.2, 0.25) is 0 Å². The van der Waals surface area contributed by atoms with Crippen LogP contribution in [0.1, 0.15) is 23.0 Å². The summed E-state index contributed by atoms with van der Waals surface area (Å²) in [6.07, 6.45) is 0. The molecule has 19 heavy (non-hydrogen) atoms. The monoisotopic (exact) mass is 257 g/mol. The molecule has 0 spiro atoms. The Morgan fingerprint density at radius 2 is 2.21 bits per heavy atom. The zero-order valence-corrected chi connectivity index (χ0v) is 11.0. The van der Waals surface area contributed by atoms with Crippen molar-refractivity contribution in [3.05, 3.63) is 41.6 Å². The number of hydrogen-bond acceptors (Lipinski definition) is 3. The molecule has 0 bridgehead atoms. The minimum absolute atomic E-state index is 0.295. The Balaban J connectivity index is 2.13. The first-order valence-electron chi connectivity index (χ1n) is 6.30. The summed E-state index contributed by atoms with van der Waals surface area (Å²) >= 11 is 0. The molecule has 0 unspecified atom stereocenters. The Hall–Kier alpha value is -2.23. The van der Waals surface area contributed by atoms with E-state index >= 15 is 0 Å². The van der Waals surface area contributed by atoms with E-state index in [-0.39, 0.29) is 5.97 Å². The van der Waals surface area contributed by atoms with Crippen LogP contribution in [0.25, 0.3) is 11.3 Å². The van der Waals surface area contributed by atoms with E-state index in [1.54, 1.807) is 6.92 Å². The predicted octanol–water partition coefficient (Wildman–Crippen LogP) is 2.76. The molecule has 0 aliphatic carbocycles. The molecule has 0 saturated heterocycles. The third kappa shape index (κ3) is 1.80. The fourth-order valence-corrected chi connectivity index (χ4v) is 2.47. The van der Waals surface area contributed by atoms with Crippen LogP contribution < -0.4 is 4.74 Å². The van der Waals surface area contributed by atoms with Crippen LogP contribution in [0.15, 0.2) is 30.3 Å². The minimum atomic E-state index is -0.295. The minimum Gasteiger partial charge on any atom is -0.488 e. The lowest BCUT2D eigenvalue weighted by Crippen LogP contribution is -2.11. The fourth-order valence-electron chi connectivity index (χ4n) is 2.47. The molecule has 1 aliphatic heterocycles. The standard InChI is InChI=1S/C15H15NO3/c1-3-18-15(17)12-8-10-9-19-13-7-5-4-6-11(13)14(10)16(12)2/h4-8H,3,9H2,1-2H3. The van der Waals surface area contributed by atoms with Gasteiger partial charge in [-0.2, -0.15) is 0 Å². The molecule has 0 atom stereocenters. The predicted molar refractivity (Wildman–Crippen MR) is 71.1 cm³/mol. The lowest BCUT2D eigenvalue weighted by Gasteiger charge is -2.19. The summed E-state index contributed by atoms with van der Waals surface area (Å²) in [4.78, 5) is 11.9. The molecule has 0 saturated carbocycles. The van der Waals surface area contributed by atoms with Crippen LogP contribution >= 0.6 is 0 Å². The third-order valence-electron chi connectivity index (χ3n) is 3.32. The molecular formula is C15H15NO3. The second-order valence-electron chi connectivity index (χ2n) is 4.47. The van der Waals surface area contributed by atoms with Crippen LogP contribution in [0.2, 0.25) is 0 Å². The topological polar surface area (TPSA) is 40.5 Å². The zero-order valence-electron chi connectivity index (χ0n) is 11.0. The Kier molecular flexibility index (Phi) is 2.78. The van der Waals surface area contributed by atoms with Crippen LogP contribution in [-0.2, 0) is 18.4 Å². The number of carbonyl (C=O) groups excluding carboxylic acids is 1. The molecule has 0 amide bonds. The van der Waals surface area contributed by atoms with E-state index < -0.39 is 0 Å². The van der Waals surface area contributed by atoms with Gasteiger partial charge in [0.1, 0.15) is 18.1 Å². The zero-order chi connectivity index (χ0) is 13.4. The van der Waals surface area contributed by atoms with Gasteiger partial charge in [0.25, 0.3) is 0 Å². The summed E-state index contributed by atoms with van der Waals surface area (Å²) in [5.74, 6) is 0.559. The number of nitrogens with zero attached hydrogens (tertiary/aromatic N) is 1. The van der Waals surface area contributed by atoms with Gasteiger partial charge in [0.05, 0.1) is 12.3 Å². The van der Waals surface area contributed by atoms with Crippen LogP contribution in [0.5, 0.6) is 5.75 Å². The molecule has 2 heterocycles. The highest BCUT2D eigenvalue weighted by atomic mass is 16.5. The smallest absolute Gasteiger partial charge is 0.354 e. The summed E-state index contributed by atoms with van der Waals surface area (Å²) < 4.78 is 12.7. The molecule has 98 valence electrons. The molecular weight excluding hydrogens is 242 g/mol. The Bertz CT molecular complexity index is 643. The average Bonchev–Trinajstić information content (AvgIpc) is 2.77. The van der Waals surface area contributed by atoms with Gasteiger partial charge >= 0.3 is 5.97 Å². The van der Waals surface area contributed by atoms with Gasteiger partial charge < -0.3 is 14.0 Å². The molecule has 2 aromatic rings. The second-order valence-corrected chi connectivity index (χ2v) is 4.47. The van der Waals surface area contributed by atoms with Gasteiger partial charge in [-0.25, -0.2) is 4.79 Å². The van der Waals surface area contributed by atoms with E-state index in [2.05, 4.69) is 0 Å². The van der Waals surface area contributed by atoms with E-state index in [1.165, 1.54) is 0 Å². The summed E-state index contributed by atoms with van der Waals surface area (Å²) in [6, 6.07) is 9.70. The SMILES string of the molecule is CCOC(=O)c1cc2c(n1C)-c1ccccc1OC2. The van der Waals surface area contributed by atoms with Gasteiger partial charge in [0.15, 0.2) is 0 Å². The summed E-state index contributed by atoms with van der Waals surface area (Å²) in [6.45, 7) is 2.67. The maximum Gasteiger partial charge on any atom is 0.354 e. The maximum absolute atomic E-state index is 11.9. The number of ether oxygens (including phenoxy) is 2. The van der Waals surface area contributed by atoms with Gasteiger partial charge in [-0.05, 0) is 25.1 Å². The number of benzene rings is 1. The van der Waals surface area contributed by atoms with Crippen molar-refractivity contribution in [3.63, 3.8) is 0 Å². The lowest BCUT2D eigenvalue weighted by molar-refractivity contribution is 0.0515. The van der Waals surface area contributed by atoms with Crippen LogP contribution in [0.4, 0.5) is 0 Å².